The molecule has 3 aromatic rings. The molecule has 5 rings (SSSR count). The van der Waals surface area contributed by atoms with E-state index in [1.807, 2.05) is 6.08 Å². The van der Waals surface area contributed by atoms with Gasteiger partial charge in [0.15, 0.2) is 0 Å². The van der Waals surface area contributed by atoms with Crippen LogP contribution in [-0.4, -0.2) is 6.04 Å². The van der Waals surface area contributed by atoms with Crippen molar-refractivity contribution in [1.29, 1.82) is 0 Å². The highest BCUT2D eigenvalue weighted by atomic mass is 79.9. The van der Waals surface area contributed by atoms with Gasteiger partial charge in [-0.3, -0.25) is 0 Å². The minimum absolute atomic E-state index is 0.101. The molecule has 0 amide bonds. The molecule has 0 bridgehead atoms. The van der Waals surface area contributed by atoms with Gasteiger partial charge in [-0.2, -0.15) is 0 Å². The van der Waals surface area contributed by atoms with Gasteiger partial charge in [0, 0.05) is 21.3 Å². The Morgan fingerprint density at radius 3 is 2.41 bits per heavy atom. The second-order valence-electron chi connectivity index (χ2n) is 7.88. The second kappa shape index (κ2) is 6.89. The summed E-state index contributed by atoms with van der Waals surface area (Å²) in [5.74, 6) is 0. The Balaban J connectivity index is 1.68. The number of hydrogen-bond donors (Lipinski definition) is 0. The van der Waals surface area contributed by atoms with Crippen LogP contribution < -0.4 is 4.90 Å². The van der Waals surface area contributed by atoms with E-state index in [1.54, 1.807) is 0 Å². The Kier molecular flexibility index (Phi) is 4.33. The summed E-state index contributed by atoms with van der Waals surface area (Å²) in [6, 6.07) is 26.4. The second-order valence-corrected chi connectivity index (χ2v) is 8.80. The van der Waals surface area contributed by atoms with Crippen molar-refractivity contribution in [3.05, 3.63) is 113 Å². The molecule has 0 spiro atoms. The summed E-state index contributed by atoms with van der Waals surface area (Å²) in [6.45, 7) is 6.20. The van der Waals surface area contributed by atoms with Gasteiger partial charge < -0.3 is 4.90 Å². The third-order valence-corrected chi connectivity index (χ3v) is 6.61. The van der Waals surface area contributed by atoms with Crippen molar-refractivity contribution in [2.75, 3.05) is 4.90 Å². The lowest BCUT2D eigenvalue weighted by atomic mass is 9.75. The monoisotopic (exact) mass is 439 g/mol. The van der Waals surface area contributed by atoms with Crippen LogP contribution in [0.4, 0.5) is 11.4 Å². The summed E-state index contributed by atoms with van der Waals surface area (Å²) >= 11 is 3.71. The van der Waals surface area contributed by atoms with Gasteiger partial charge in [0.25, 0.3) is 0 Å². The van der Waals surface area contributed by atoms with E-state index >= 15 is 0 Å². The molecule has 1 nitrogen and oxygen atoms in total. The van der Waals surface area contributed by atoms with E-state index in [4.69, 9.17) is 0 Å². The molecule has 2 atom stereocenters. The molecule has 2 unspecified atom stereocenters. The van der Waals surface area contributed by atoms with Crippen LogP contribution in [0.5, 0.6) is 0 Å². The first kappa shape index (κ1) is 18.2. The van der Waals surface area contributed by atoms with Gasteiger partial charge in [-0.25, -0.2) is 0 Å². The number of benzene rings is 3. The summed E-state index contributed by atoms with van der Waals surface area (Å²) in [5.41, 5.74) is 7.37. The number of allylic oxidation sites excluding steroid dienone is 2. The van der Waals surface area contributed by atoms with Crippen LogP contribution in [0.15, 0.2) is 102 Å². The van der Waals surface area contributed by atoms with Gasteiger partial charge in [0.2, 0.25) is 0 Å². The van der Waals surface area contributed by atoms with Crippen LogP contribution in [0.1, 0.15) is 18.1 Å². The van der Waals surface area contributed by atoms with E-state index in [0.29, 0.717) is 0 Å². The lowest BCUT2D eigenvalue weighted by Crippen LogP contribution is -2.39. The molecule has 142 valence electrons. The highest BCUT2D eigenvalue weighted by Crippen LogP contribution is 2.53. The van der Waals surface area contributed by atoms with Gasteiger partial charge in [0.05, 0.1) is 6.04 Å². The number of fused-ring (bicyclic) bond motifs is 3. The molecular formula is C27H22BrN. The van der Waals surface area contributed by atoms with E-state index in [-0.39, 0.29) is 11.5 Å². The average molecular weight is 440 g/mol. The van der Waals surface area contributed by atoms with Crippen molar-refractivity contribution in [1.82, 2.24) is 0 Å². The van der Waals surface area contributed by atoms with Gasteiger partial charge in [-0.05, 0) is 53.4 Å². The first-order valence-electron chi connectivity index (χ1n) is 9.88. The zero-order valence-electron chi connectivity index (χ0n) is 16.3. The molecule has 1 aliphatic heterocycles. The Bertz CT molecular complexity index is 1140. The van der Waals surface area contributed by atoms with E-state index in [0.717, 1.165) is 10.0 Å². The zero-order valence-corrected chi connectivity index (χ0v) is 17.9. The molecule has 2 heteroatoms. The van der Waals surface area contributed by atoms with Crippen molar-refractivity contribution >= 4 is 33.4 Å². The SMILES string of the molecule is C=Cc1ccc(-c2ccc3c(c2)C2(C)C=C(Br)C=CC2N3c2ccccc2)cc1. The number of hydrogen-bond acceptors (Lipinski definition) is 1. The van der Waals surface area contributed by atoms with E-state index in [9.17, 15) is 0 Å². The molecular weight excluding hydrogens is 418 g/mol. The quantitative estimate of drug-likeness (QED) is 0.405. The van der Waals surface area contributed by atoms with Crippen LogP contribution in [0.3, 0.4) is 0 Å². The van der Waals surface area contributed by atoms with Gasteiger partial charge in [-0.15, -0.1) is 0 Å². The summed E-state index contributed by atoms with van der Waals surface area (Å²) in [6.07, 6.45) is 8.72. The number of para-hydroxylation sites is 1. The Labute approximate surface area is 180 Å². The topological polar surface area (TPSA) is 3.24 Å². The number of nitrogens with zero attached hydrogens (tertiary/aromatic N) is 1. The molecule has 0 radical (unpaired) electrons. The number of anilines is 2. The van der Waals surface area contributed by atoms with Crippen LogP contribution >= 0.6 is 15.9 Å². The van der Waals surface area contributed by atoms with Gasteiger partial charge in [-0.1, -0.05) is 95.3 Å². The highest BCUT2D eigenvalue weighted by molar-refractivity contribution is 9.11. The fourth-order valence-corrected chi connectivity index (χ4v) is 5.23. The number of rotatable bonds is 3. The molecule has 1 aliphatic carbocycles. The standard InChI is InChI=1S/C27H22BrN/c1-3-19-9-11-20(12-10-19)21-13-15-25-24(17-21)27(2)18-22(28)14-16-26(27)29(25)23-7-5-4-6-8-23/h3-18,26H,1H2,2H3. The Morgan fingerprint density at radius 1 is 0.966 bits per heavy atom. The van der Waals surface area contributed by atoms with Crippen LogP contribution in [-0.2, 0) is 5.41 Å². The smallest absolute Gasteiger partial charge is 0.0655 e. The molecule has 3 aromatic carbocycles. The third kappa shape index (κ3) is 2.90. The minimum Gasteiger partial charge on any atom is -0.333 e. The molecule has 29 heavy (non-hydrogen) atoms. The predicted molar refractivity (Wildman–Crippen MR) is 128 cm³/mol. The molecule has 0 N–H and O–H groups in total. The predicted octanol–water partition coefficient (Wildman–Crippen LogP) is 7.62. The summed E-state index contributed by atoms with van der Waals surface area (Å²) < 4.78 is 1.14. The van der Waals surface area contributed by atoms with Crippen LogP contribution in [0.25, 0.3) is 17.2 Å². The molecule has 0 saturated carbocycles. The van der Waals surface area contributed by atoms with Crippen LogP contribution in [0, 0.1) is 0 Å². The first-order chi connectivity index (χ1) is 14.1. The number of halogens is 1. The molecule has 0 aromatic heterocycles. The maximum Gasteiger partial charge on any atom is 0.0655 e. The summed E-state index contributed by atoms with van der Waals surface area (Å²) in [5, 5.41) is 0. The van der Waals surface area contributed by atoms with Gasteiger partial charge >= 0.3 is 0 Å². The first-order valence-corrected chi connectivity index (χ1v) is 10.7. The lowest BCUT2D eigenvalue weighted by Gasteiger charge is -2.35. The summed E-state index contributed by atoms with van der Waals surface area (Å²) in [4.78, 5) is 2.46. The average Bonchev–Trinajstić information content (AvgIpc) is 3.01. The largest absolute Gasteiger partial charge is 0.333 e. The van der Waals surface area contributed by atoms with Crippen molar-refractivity contribution in [3.63, 3.8) is 0 Å². The van der Waals surface area contributed by atoms with E-state index < -0.39 is 0 Å². The van der Waals surface area contributed by atoms with E-state index in [1.165, 1.54) is 28.1 Å². The fourth-order valence-electron chi connectivity index (χ4n) is 4.60. The Hall–Kier alpha value is -2.84. The Morgan fingerprint density at radius 2 is 1.69 bits per heavy atom. The summed E-state index contributed by atoms with van der Waals surface area (Å²) in [7, 11) is 0. The molecule has 2 aliphatic rings. The zero-order chi connectivity index (χ0) is 20.0. The third-order valence-electron chi connectivity index (χ3n) is 6.12. The highest BCUT2D eigenvalue weighted by Gasteiger charge is 2.47. The van der Waals surface area contributed by atoms with Crippen molar-refractivity contribution in [2.24, 2.45) is 0 Å². The lowest BCUT2D eigenvalue weighted by molar-refractivity contribution is 0.550. The molecule has 0 fully saturated rings. The molecule has 1 heterocycles. The fraction of sp³-hybridized carbons (Fsp3) is 0.111. The minimum atomic E-state index is -0.101. The van der Waals surface area contributed by atoms with Crippen LogP contribution in [0.2, 0.25) is 0 Å². The van der Waals surface area contributed by atoms with Crippen molar-refractivity contribution in [3.8, 4) is 11.1 Å². The van der Waals surface area contributed by atoms with E-state index in [2.05, 4.69) is 125 Å². The van der Waals surface area contributed by atoms with Gasteiger partial charge in [0.1, 0.15) is 0 Å². The maximum atomic E-state index is 3.86. The van der Waals surface area contributed by atoms with Crippen molar-refractivity contribution < 1.29 is 0 Å². The maximum absolute atomic E-state index is 3.86. The normalized spacial score (nSPS) is 22.1. The van der Waals surface area contributed by atoms with Crippen molar-refractivity contribution in [2.45, 2.75) is 18.4 Å². The molecule has 0 saturated heterocycles.